The molecule has 8 nitrogen and oxygen atoms in total. The zero-order chi connectivity index (χ0) is 17.9. The summed E-state index contributed by atoms with van der Waals surface area (Å²) in [7, 11) is 0. The zero-order valence-electron chi connectivity index (χ0n) is 13.5. The van der Waals surface area contributed by atoms with Crippen molar-refractivity contribution in [2.45, 2.75) is 39.5 Å². The number of esters is 2. The summed E-state index contributed by atoms with van der Waals surface area (Å²) in [6.45, 7) is 0.861. The Morgan fingerprint density at radius 3 is 1.35 bits per heavy atom. The second-order valence-corrected chi connectivity index (χ2v) is 5.54. The highest BCUT2D eigenvalue weighted by atomic mass is 16.5. The summed E-state index contributed by atoms with van der Waals surface area (Å²) in [5, 5.41) is 18.8. The lowest BCUT2D eigenvalue weighted by Gasteiger charge is -2.28. The van der Waals surface area contributed by atoms with Crippen LogP contribution in [0.5, 0.6) is 0 Å². The van der Waals surface area contributed by atoms with Gasteiger partial charge in [-0.3, -0.25) is 9.59 Å². The van der Waals surface area contributed by atoms with Crippen LogP contribution in [0.4, 0.5) is 0 Å². The van der Waals surface area contributed by atoms with Gasteiger partial charge < -0.3 is 29.3 Å². The number of ketones is 2. The molecule has 0 atom stereocenters. The fourth-order valence-corrected chi connectivity index (χ4v) is 1.44. The summed E-state index contributed by atoms with van der Waals surface area (Å²) in [6.07, 6.45) is -0.102. The lowest BCUT2D eigenvalue weighted by molar-refractivity contribution is -0.159. The highest BCUT2D eigenvalue weighted by Crippen LogP contribution is 2.18. The van der Waals surface area contributed by atoms with Crippen molar-refractivity contribution in [2.75, 3.05) is 26.4 Å². The van der Waals surface area contributed by atoms with Crippen LogP contribution < -0.4 is 0 Å². The van der Waals surface area contributed by atoms with Crippen molar-refractivity contribution < 1.29 is 38.9 Å². The first-order valence-electron chi connectivity index (χ1n) is 7.26. The molecular formula is C15H24O8. The Labute approximate surface area is 134 Å². The second-order valence-electron chi connectivity index (χ2n) is 5.54. The third kappa shape index (κ3) is 9.75. The van der Waals surface area contributed by atoms with Gasteiger partial charge >= 0.3 is 11.9 Å². The van der Waals surface area contributed by atoms with Gasteiger partial charge in [0.05, 0.1) is 31.5 Å². The third-order valence-electron chi connectivity index (χ3n) is 3.11. The molecule has 0 unspecified atom stereocenters. The predicted molar refractivity (Wildman–Crippen MR) is 78.4 cm³/mol. The molecule has 0 spiro atoms. The van der Waals surface area contributed by atoms with Gasteiger partial charge in [-0.05, 0) is 13.8 Å². The van der Waals surface area contributed by atoms with Gasteiger partial charge in [-0.15, -0.1) is 0 Å². The summed E-state index contributed by atoms with van der Waals surface area (Å²) in [6, 6.07) is 0. The molecule has 0 aromatic rings. The summed E-state index contributed by atoms with van der Waals surface area (Å²) in [4.78, 5) is 44.5. The summed E-state index contributed by atoms with van der Waals surface area (Å²) < 4.78 is 9.83. The molecule has 0 heterocycles. The Hall–Kier alpha value is -1.80. The smallest absolute Gasteiger partial charge is 0.306 e. The number of rotatable bonds is 12. The average Bonchev–Trinajstić information content (AvgIpc) is 2.51. The molecule has 0 saturated heterocycles. The molecule has 23 heavy (non-hydrogen) atoms. The molecular weight excluding hydrogens is 308 g/mol. The zero-order valence-corrected chi connectivity index (χ0v) is 13.5. The van der Waals surface area contributed by atoms with E-state index in [9.17, 15) is 29.4 Å². The van der Waals surface area contributed by atoms with E-state index in [1.54, 1.807) is 0 Å². The standard InChI is InChI=1S/C15H24O8/c1-11(18)3-5-13(20)22-9-15(7-16,8-17)10-23-14(21)6-4-12(2)19/h16-17H,3-10H2,1-2H3. The van der Waals surface area contributed by atoms with Crippen molar-refractivity contribution in [3.63, 3.8) is 0 Å². The molecule has 0 aliphatic rings. The van der Waals surface area contributed by atoms with E-state index in [4.69, 9.17) is 9.47 Å². The molecule has 8 heteroatoms. The Bertz CT molecular complexity index is 389. The monoisotopic (exact) mass is 332 g/mol. The van der Waals surface area contributed by atoms with Gasteiger partial charge in [0.2, 0.25) is 0 Å². The number of ether oxygens (including phenoxy) is 2. The summed E-state index contributed by atoms with van der Waals surface area (Å²) in [5.74, 6) is -1.60. The normalized spacial score (nSPS) is 11.0. The number of hydrogen-bond donors (Lipinski definition) is 2. The minimum Gasteiger partial charge on any atom is -0.465 e. The molecule has 0 aliphatic heterocycles. The van der Waals surface area contributed by atoms with E-state index in [0.29, 0.717) is 0 Å². The number of Topliss-reactive ketones (excluding diaryl/α,β-unsaturated/α-hetero) is 2. The Balaban J connectivity index is 4.38. The molecule has 0 fully saturated rings. The van der Waals surface area contributed by atoms with Crippen LogP contribution in [-0.2, 0) is 28.7 Å². The van der Waals surface area contributed by atoms with E-state index in [1.807, 2.05) is 0 Å². The number of aliphatic hydroxyl groups is 2. The van der Waals surface area contributed by atoms with Crippen molar-refractivity contribution in [3.05, 3.63) is 0 Å². The number of hydrogen-bond acceptors (Lipinski definition) is 8. The van der Waals surface area contributed by atoms with Crippen molar-refractivity contribution >= 4 is 23.5 Å². The predicted octanol–water partition coefficient (Wildman–Crippen LogP) is -0.218. The highest BCUT2D eigenvalue weighted by molar-refractivity contribution is 5.81. The van der Waals surface area contributed by atoms with E-state index in [1.165, 1.54) is 13.8 Å². The molecule has 132 valence electrons. The largest absolute Gasteiger partial charge is 0.465 e. The fourth-order valence-electron chi connectivity index (χ4n) is 1.44. The maximum atomic E-state index is 11.5. The van der Waals surface area contributed by atoms with E-state index in [0.717, 1.165) is 0 Å². The van der Waals surface area contributed by atoms with Crippen molar-refractivity contribution in [2.24, 2.45) is 5.41 Å². The van der Waals surface area contributed by atoms with E-state index < -0.39 is 30.6 Å². The van der Waals surface area contributed by atoms with Crippen LogP contribution in [0.25, 0.3) is 0 Å². The molecule has 0 aromatic heterocycles. The maximum absolute atomic E-state index is 11.5. The van der Waals surface area contributed by atoms with E-state index >= 15 is 0 Å². The van der Waals surface area contributed by atoms with Crippen molar-refractivity contribution in [3.8, 4) is 0 Å². The van der Waals surface area contributed by atoms with Crippen molar-refractivity contribution in [1.82, 2.24) is 0 Å². The van der Waals surface area contributed by atoms with Crippen LogP contribution in [0.3, 0.4) is 0 Å². The lowest BCUT2D eigenvalue weighted by Crippen LogP contribution is -2.41. The van der Waals surface area contributed by atoms with Crippen molar-refractivity contribution in [1.29, 1.82) is 0 Å². The van der Waals surface area contributed by atoms with E-state index in [2.05, 4.69) is 0 Å². The molecule has 2 N–H and O–H groups in total. The minimum atomic E-state index is -1.32. The highest BCUT2D eigenvalue weighted by Gasteiger charge is 2.33. The minimum absolute atomic E-state index is 0.0457. The molecule has 0 saturated carbocycles. The van der Waals surface area contributed by atoms with Crippen LogP contribution in [-0.4, -0.2) is 60.1 Å². The Kier molecular flexibility index (Phi) is 10.00. The first-order valence-corrected chi connectivity index (χ1v) is 7.26. The Morgan fingerprint density at radius 1 is 0.739 bits per heavy atom. The quantitative estimate of drug-likeness (QED) is 0.470. The van der Waals surface area contributed by atoms with Gasteiger partial charge in [0.25, 0.3) is 0 Å². The van der Waals surface area contributed by atoms with E-state index in [-0.39, 0.29) is 50.5 Å². The fraction of sp³-hybridized carbons (Fsp3) is 0.733. The molecule has 0 aliphatic carbocycles. The first kappa shape index (κ1) is 21.2. The van der Waals surface area contributed by atoms with Crippen LogP contribution >= 0.6 is 0 Å². The van der Waals surface area contributed by atoms with Crippen LogP contribution in [0.15, 0.2) is 0 Å². The average molecular weight is 332 g/mol. The number of aliphatic hydroxyl groups excluding tert-OH is 2. The van der Waals surface area contributed by atoms with Gasteiger partial charge in [-0.25, -0.2) is 0 Å². The van der Waals surface area contributed by atoms with Gasteiger partial charge in [0.1, 0.15) is 24.8 Å². The first-order chi connectivity index (χ1) is 10.7. The molecule has 0 amide bonds. The van der Waals surface area contributed by atoms with Gasteiger partial charge in [0.15, 0.2) is 0 Å². The van der Waals surface area contributed by atoms with Gasteiger partial charge in [-0.1, -0.05) is 0 Å². The van der Waals surface area contributed by atoms with Gasteiger partial charge in [-0.2, -0.15) is 0 Å². The third-order valence-corrected chi connectivity index (χ3v) is 3.11. The summed E-state index contributed by atoms with van der Waals surface area (Å²) >= 11 is 0. The molecule has 0 bridgehead atoms. The lowest BCUT2D eigenvalue weighted by atomic mass is 9.92. The van der Waals surface area contributed by atoms with Crippen LogP contribution in [0, 0.1) is 5.41 Å². The maximum Gasteiger partial charge on any atom is 0.306 e. The number of carbonyl (C=O) groups is 4. The SMILES string of the molecule is CC(=O)CCC(=O)OCC(CO)(CO)COC(=O)CCC(C)=O. The molecule has 0 radical (unpaired) electrons. The topological polar surface area (TPSA) is 127 Å². The van der Waals surface area contributed by atoms with Crippen LogP contribution in [0.2, 0.25) is 0 Å². The molecule has 0 rings (SSSR count). The molecule has 0 aromatic carbocycles. The second kappa shape index (κ2) is 10.8. The summed E-state index contributed by atoms with van der Waals surface area (Å²) in [5.41, 5.74) is -1.32. The number of carbonyl (C=O) groups excluding carboxylic acids is 4. The Morgan fingerprint density at radius 2 is 1.09 bits per heavy atom. The van der Waals surface area contributed by atoms with Crippen LogP contribution in [0.1, 0.15) is 39.5 Å². The van der Waals surface area contributed by atoms with Gasteiger partial charge in [0, 0.05) is 12.8 Å².